The van der Waals surface area contributed by atoms with Gasteiger partial charge >= 0.3 is 5.97 Å². The quantitative estimate of drug-likeness (QED) is 0.384. The maximum Gasteiger partial charge on any atom is 0.336 e. The number of aromatic hydroxyl groups is 1. The maximum absolute atomic E-state index is 11.9. The van der Waals surface area contributed by atoms with Crippen LogP contribution in [0.3, 0.4) is 0 Å². The molecule has 0 fully saturated rings. The number of rotatable bonds is 6. The second-order valence-electron chi connectivity index (χ2n) is 4.57. The molecule has 1 N–H and O–H groups in total. The number of aldehydes is 1. The summed E-state index contributed by atoms with van der Waals surface area (Å²) in [6, 6.07) is 11.2. The predicted octanol–water partition coefficient (Wildman–Crippen LogP) is 3.22. The first-order valence-corrected chi connectivity index (χ1v) is 7.04. The Kier molecular flexibility index (Phi) is 5.52. The van der Waals surface area contributed by atoms with Crippen LogP contribution >= 0.6 is 0 Å². The van der Waals surface area contributed by atoms with Gasteiger partial charge in [0.2, 0.25) is 0 Å². The van der Waals surface area contributed by atoms with Crippen LogP contribution in [0.25, 0.3) is 6.08 Å². The van der Waals surface area contributed by atoms with Crippen molar-refractivity contribution >= 4 is 18.3 Å². The number of hydrogen-bond donors (Lipinski definition) is 1. The molecule has 0 atom stereocenters. The summed E-state index contributed by atoms with van der Waals surface area (Å²) in [6.45, 7) is 2.16. The third-order valence-corrected chi connectivity index (χ3v) is 2.95. The topological polar surface area (TPSA) is 72.8 Å². The lowest BCUT2D eigenvalue weighted by atomic mass is 10.2. The molecule has 0 saturated heterocycles. The average molecular weight is 312 g/mol. The number of carbonyl (C=O) groups excluding carboxylic acids is 2. The van der Waals surface area contributed by atoms with Gasteiger partial charge in [-0.2, -0.15) is 0 Å². The van der Waals surface area contributed by atoms with E-state index in [1.54, 1.807) is 25.1 Å². The fourth-order valence-corrected chi connectivity index (χ4v) is 1.88. The van der Waals surface area contributed by atoms with Gasteiger partial charge in [0.05, 0.1) is 6.61 Å². The fraction of sp³-hybridized carbons (Fsp3) is 0.111. The average Bonchev–Trinajstić information content (AvgIpc) is 2.56. The highest BCUT2D eigenvalue weighted by Gasteiger charge is 2.09. The van der Waals surface area contributed by atoms with Gasteiger partial charge in [-0.3, -0.25) is 4.79 Å². The molecule has 2 rings (SSSR count). The monoisotopic (exact) mass is 312 g/mol. The molecule has 0 radical (unpaired) electrons. The van der Waals surface area contributed by atoms with Crippen molar-refractivity contribution in [2.45, 2.75) is 6.92 Å². The SMILES string of the molecule is CCOc1cc(C=O)ccc1OC(=O)C=Cc1ccccc1O. The predicted molar refractivity (Wildman–Crippen MR) is 85.8 cm³/mol. The molecule has 2 aromatic rings. The number of esters is 1. The molecule has 0 amide bonds. The van der Waals surface area contributed by atoms with E-state index in [1.807, 2.05) is 0 Å². The Morgan fingerprint density at radius 2 is 1.96 bits per heavy atom. The van der Waals surface area contributed by atoms with Crippen LogP contribution in [0.4, 0.5) is 0 Å². The Labute approximate surface area is 133 Å². The van der Waals surface area contributed by atoms with Gasteiger partial charge in [-0.05, 0) is 37.3 Å². The van der Waals surface area contributed by atoms with E-state index >= 15 is 0 Å². The van der Waals surface area contributed by atoms with Crippen LogP contribution in [-0.4, -0.2) is 24.0 Å². The summed E-state index contributed by atoms with van der Waals surface area (Å²) < 4.78 is 10.6. The van der Waals surface area contributed by atoms with Crippen LogP contribution in [0.1, 0.15) is 22.8 Å². The molecule has 118 valence electrons. The van der Waals surface area contributed by atoms with Gasteiger partial charge in [-0.25, -0.2) is 4.79 Å². The summed E-state index contributed by atoms with van der Waals surface area (Å²) in [4.78, 5) is 22.7. The molecule has 0 aliphatic carbocycles. The summed E-state index contributed by atoms with van der Waals surface area (Å²) >= 11 is 0. The number of ether oxygens (including phenoxy) is 2. The molecule has 0 bridgehead atoms. The second kappa shape index (κ2) is 7.79. The van der Waals surface area contributed by atoms with Crippen LogP contribution in [0, 0.1) is 0 Å². The van der Waals surface area contributed by atoms with Crippen LogP contribution in [0.15, 0.2) is 48.5 Å². The third kappa shape index (κ3) is 4.44. The summed E-state index contributed by atoms with van der Waals surface area (Å²) in [6.07, 6.45) is 3.35. The number of carbonyl (C=O) groups is 2. The van der Waals surface area contributed by atoms with Gasteiger partial charge in [0.25, 0.3) is 0 Å². The van der Waals surface area contributed by atoms with Crippen molar-refractivity contribution in [1.82, 2.24) is 0 Å². The van der Waals surface area contributed by atoms with Gasteiger partial charge in [0, 0.05) is 17.2 Å². The lowest BCUT2D eigenvalue weighted by molar-refractivity contribution is -0.129. The smallest absolute Gasteiger partial charge is 0.336 e. The van der Waals surface area contributed by atoms with E-state index in [1.165, 1.54) is 36.4 Å². The zero-order valence-corrected chi connectivity index (χ0v) is 12.6. The first kappa shape index (κ1) is 16.3. The molecule has 0 heterocycles. The van der Waals surface area contributed by atoms with Crippen LogP contribution in [0.2, 0.25) is 0 Å². The normalized spacial score (nSPS) is 10.5. The van der Waals surface area contributed by atoms with Gasteiger partial charge in [0.15, 0.2) is 11.5 Å². The Morgan fingerprint density at radius 1 is 1.17 bits per heavy atom. The number of benzene rings is 2. The number of phenolic OH excluding ortho intramolecular Hbond substituents is 1. The fourth-order valence-electron chi connectivity index (χ4n) is 1.88. The van der Waals surface area contributed by atoms with E-state index in [9.17, 15) is 14.7 Å². The summed E-state index contributed by atoms with van der Waals surface area (Å²) in [7, 11) is 0. The molecular formula is C18H16O5. The largest absolute Gasteiger partial charge is 0.507 e. The van der Waals surface area contributed by atoms with Crippen molar-refractivity contribution < 1.29 is 24.2 Å². The van der Waals surface area contributed by atoms with Crippen LogP contribution < -0.4 is 9.47 Å². The molecule has 0 aliphatic rings. The first-order chi connectivity index (χ1) is 11.1. The molecular weight excluding hydrogens is 296 g/mol. The number of hydrogen-bond acceptors (Lipinski definition) is 5. The van der Waals surface area contributed by atoms with E-state index in [0.29, 0.717) is 29.8 Å². The third-order valence-electron chi connectivity index (χ3n) is 2.95. The van der Waals surface area contributed by atoms with Crippen LogP contribution in [-0.2, 0) is 4.79 Å². The zero-order valence-electron chi connectivity index (χ0n) is 12.6. The van der Waals surface area contributed by atoms with Crippen molar-refractivity contribution in [2.75, 3.05) is 6.61 Å². The molecule has 0 aromatic heterocycles. The standard InChI is InChI=1S/C18H16O5/c1-2-22-17-11-13(12-19)7-9-16(17)23-18(21)10-8-14-5-3-4-6-15(14)20/h3-12,20H,2H2,1H3. The van der Waals surface area contributed by atoms with Crippen molar-refractivity contribution in [2.24, 2.45) is 0 Å². The second-order valence-corrected chi connectivity index (χ2v) is 4.57. The molecule has 0 unspecified atom stereocenters. The van der Waals surface area contributed by atoms with E-state index in [-0.39, 0.29) is 11.5 Å². The van der Waals surface area contributed by atoms with Crippen molar-refractivity contribution in [3.8, 4) is 17.2 Å². The van der Waals surface area contributed by atoms with E-state index in [0.717, 1.165) is 0 Å². The number of phenols is 1. The number of para-hydroxylation sites is 1. The highest BCUT2D eigenvalue weighted by Crippen LogP contribution is 2.28. The Balaban J connectivity index is 2.13. The highest BCUT2D eigenvalue weighted by atomic mass is 16.6. The van der Waals surface area contributed by atoms with Gasteiger partial charge < -0.3 is 14.6 Å². The van der Waals surface area contributed by atoms with Crippen molar-refractivity contribution in [3.05, 3.63) is 59.7 Å². The lowest BCUT2D eigenvalue weighted by Crippen LogP contribution is -2.06. The van der Waals surface area contributed by atoms with Gasteiger partial charge in [-0.1, -0.05) is 18.2 Å². The molecule has 0 spiro atoms. The van der Waals surface area contributed by atoms with Crippen molar-refractivity contribution in [1.29, 1.82) is 0 Å². The molecule has 5 nitrogen and oxygen atoms in total. The summed E-state index contributed by atoms with van der Waals surface area (Å²) in [5, 5.41) is 9.63. The van der Waals surface area contributed by atoms with E-state index < -0.39 is 5.97 Å². The summed E-state index contributed by atoms with van der Waals surface area (Å²) in [5.74, 6) is 0.000687. The van der Waals surface area contributed by atoms with Crippen LogP contribution in [0.5, 0.6) is 17.2 Å². The molecule has 2 aromatic carbocycles. The molecule has 23 heavy (non-hydrogen) atoms. The minimum Gasteiger partial charge on any atom is -0.507 e. The molecule has 5 heteroatoms. The minimum absolute atomic E-state index is 0.0712. The highest BCUT2D eigenvalue weighted by molar-refractivity contribution is 5.89. The Bertz CT molecular complexity index is 734. The Morgan fingerprint density at radius 3 is 2.65 bits per heavy atom. The van der Waals surface area contributed by atoms with E-state index in [4.69, 9.17) is 9.47 Å². The molecule has 0 aliphatic heterocycles. The molecule has 0 saturated carbocycles. The van der Waals surface area contributed by atoms with Gasteiger partial charge in [0.1, 0.15) is 12.0 Å². The van der Waals surface area contributed by atoms with Crippen molar-refractivity contribution in [3.63, 3.8) is 0 Å². The maximum atomic E-state index is 11.9. The zero-order chi connectivity index (χ0) is 16.7. The summed E-state index contributed by atoms with van der Waals surface area (Å²) in [5.41, 5.74) is 0.934. The van der Waals surface area contributed by atoms with Gasteiger partial charge in [-0.15, -0.1) is 0 Å². The Hall–Kier alpha value is -3.08. The first-order valence-electron chi connectivity index (χ1n) is 7.04. The minimum atomic E-state index is -0.618. The lowest BCUT2D eigenvalue weighted by Gasteiger charge is -2.09. The van der Waals surface area contributed by atoms with E-state index in [2.05, 4.69) is 0 Å².